The van der Waals surface area contributed by atoms with Crippen LogP contribution in [-0.2, 0) is 11.3 Å². The average Bonchev–Trinajstić information content (AvgIpc) is 3.23. The van der Waals surface area contributed by atoms with Crippen LogP contribution in [0.4, 0.5) is 11.4 Å². The van der Waals surface area contributed by atoms with Gasteiger partial charge in [-0.05, 0) is 43.5 Å². The van der Waals surface area contributed by atoms with Crippen LogP contribution in [0.15, 0.2) is 53.7 Å². The van der Waals surface area contributed by atoms with Gasteiger partial charge in [0.25, 0.3) is 11.6 Å². The maximum atomic E-state index is 12.9. The van der Waals surface area contributed by atoms with Crippen molar-refractivity contribution >= 4 is 35.0 Å². The van der Waals surface area contributed by atoms with Crippen LogP contribution in [0.3, 0.4) is 0 Å². The molecule has 1 aromatic heterocycles. The molecule has 3 aromatic rings. The van der Waals surface area contributed by atoms with Gasteiger partial charge >= 0.3 is 0 Å². The summed E-state index contributed by atoms with van der Waals surface area (Å²) in [6.45, 7) is 8.31. The van der Waals surface area contributed by atoms with E-state index in [1.165, 1.54) is 36.0 Å². The molecule has 35 heavy (non-hydrogen) atoms. The lowest BCUT2D eigenvalue weighted by molar-refractivity contribution is -0.384. The molecule has 0 bridgehead atoms. The second kappa shape index (κ2) is 11.6. The molecule has 11 heteroatoms. The number of non-ortho nitro benzene ring substituents is 1. The number of carbonyl (C=O) groups is 2. The van der Waals surface area contributed by atoms with Crippen LogP contribution in [-0.4, -0.2) is 37.3 Å². The Morgan fingerprint density at radius 3 is 2.54 bits per heavy atom. The molecule has 0 aliphatic rings. The van der Waals surface area contributed by atoms with E-state index in [1.54, 1.807) is 0 Å². The zero-order valence-electron chi connectivity index (χ0n) is 20.0. The van der Waals surface area contributed by atoms with Crippen molar-refractivity contribution in [2.45, 2.75) is 45.4 Å². The molecule has 0 saturated carbocycles. The van der Waals surface area contributed by atoms with Gasteiger partial charge in [0.1, 0.15) is 0 Å². The van der Waals surface area contributed by atoms with Gasteiger partial charge in [-0.25, -0.2) is 0 Å². The highest BCUT2D eigenvalue weighted by Crippen LogP contribution is 2.26. The predicted octanol–water partition coefficient (Wildman–Crippen LogP) is 4.37. The molecule has 0 fully saturated rings. The highest BCUT2D eigenvalue weighted by molar-refractivity contribution is 7.99. The Balaban J connectivity index is 1.73. The molecule has 0 saturated heterocycles. The van der Waals surface area contributed by atoms with E-state index < -0.39 is 16.9 Å². The Morgan fingerprint density at radius 2 is 1.89 bits per heavy atom. The monoisotopic (exact) mass is 496 g/mol. The van der Waals surface area contributed by atoms with Crippen molar-refractivity contribution < 1.29 is 14.5 Å². The van der Waals surface area contributed by atoms with E-state index in [0.717, 1.165) is 11.3 Å². The zero-order chi connectivity index (χ0) is 25.5. The van der Waals surface area contributed by atoms with Crippen LogP contribution in [0.2, 0.25) is 0 Å². The lowest BCUT2D eigenvalue weighted by Crippen LogP contribution is -2.33. The first-order chi connectivity index (χ1) is 16.7. The molecule has 2 amide bonds. The normalized spacial score (nSPS) is 11.8. The smallest absolute Gasteiger partial charge is 0.270 e. The molecular formula is C24H28N6O4S. The number of aromatic nitrogens is 3. The molecule has 0 aliphatic heterocycles. The third kappa shape index (κ3) is 6.66. The topological polar surface area (TPSA) is 132 Å². The van der Waals surface area contributed by atoms with Gasteiger partial charge in [0.05, 0.1) is 16.7 Å². The molecule has 10 nitrogen and oxygen atoms in total. The number of nitro groups is 1. The van der Waals surface area contributed by atoms with Gasteiger partial charge in [-0.2, -0.15) is 0 Å². The number of carbonyl (C=O) groups excluding carboxylic acids is 2. The number of nitrogens with zero attached hydrogens (tertiary/aromatic N) is 4. The zero-order valence-corrected chi connectivity index (χ0v) is 20.8. The van der Waals surface area contributed by atoms with Crippen LogP contribution >= 0.6 is 11.8 Å². The van der Waals surface area contributed by atoms with Gasteiger partial charge in [0, 0.05) is 29.9 Å². The number of nitro benzene ring substituents is 1. The van der Waals surface area contributed by atoms with Gasteiger partial charge in [-0.1, -0.05) is 43.8 Å². The van der Waals surface area contributed by atoms with E-state index in [4.69, 9.17) is 0 Å². The first-order valence-corrected chi connectivity index (χ1v) is 12.2. The van der Waals surface area contributed by atoms with Gasteiger partial charge in [0.15, 0.2) is 11.0 Å². The summed E-state index contributed by atoms with van der Waals surface area (Å²) in [5, 5.41) is 26.0. The molecule has 2 N–H and O–H groups in total. The maximum Gasteiger partial charge on any atom is 0.270 e. The van der Waals surface area contributed by atoms with E-state index in [2.05, 4.69) is 20.8 Å². The van der Waals surface area contributed by atoms with Crippen LogP contribution in [0.1, 0.15) is 48.6 Å². The number of nitrogens with one attached hydrogen (secondary N) is 2. The van der Waals surface area contributed by atoms with Crippen LogP contribution in [0.25, 0.3) is 0 Å². The number of thioether (sulfide) groups is 1. The average molecular weight is 497 g/mol. The number of benzene rings is 2. The molecule has 0 spiro atoms. The van der Waals surface area contributed by atoms with Crippen molar-refractivity contribution in [3.05, 3.63) is 75.6 Å². The summed E-state index contributed by atoms with van der Waals surface area (Å²) >= 11 is 1.26. The summed E-state index contributed by atoms with van der Waals surface area (Å²) in [7, 11) is 0. The number of amides is 2. The largest absolute Gasteiger partial charge is 0.342 e. The number of rotatable bonds is 10. The Hall–Kier alpha value is -3.73. The molecule has 0 radical (unpaired) electrons. The van der Waals surface area contributed by atoms with Crippen molar-refractivity contribution in [2.24, 2.45) is 5.92 Å². The van der Waals surface area contributed by atoms with E-state index in [0.29, 0.717) is 17.5 Å². The number of aryl methyl sites for hydroxylation is 1. The molecular weight excluding hydrogens is 468 g/mol. The van der Waals surface area contributed by atoms with E-state index in [9.17, 15) is 19.7 Å². The Morgan fingerprint density at radius 1 is 1.14 bits per heavy atom. The highest BCUT2D eigenvalue weighted by atomic mass is 32.2. The van der Waals surface area contributed by atoms with Crippen LogP contribution in [0.5, 0.6) is 0 Å². The molecule has 184 valence electrons. The second-order valence-electron chi connectivity index (χ2n) is 8.29. The minimum Gasteiger partial charge on any atom is -0.342 e. The standard InChI is InChI=1S/C24H28N6O4S/c1-5-29-22(21(15(2)3)26-23(32)17-9-7-11-19(13-17)30(33)34)27-28-24(29)35-14-20(31)25-18-10-6-8-16(4)12-18/h6-13,15,21H,5,14H2,1-4H3,(H,25,31)(H,26,32)/t21-/m1/s1. The van der Waals surface area contributed by atoms with Crippen molar-refractivity contribution in [3.63, 3.8) is 0 Å². The Bertz CT molecular complexity index is 1230. The molecule has 3 rings (SSSR count). The summed E-state index contributed by atoms with van der Waals surface area (Å²) < 4.78 is 1.86. The fourth-order valence-electron chi connectivity index (χ4n) is 3.50. The molecule has 1 atom stereocenters. The third-order valence-electron chi connectivity index (χ3n) is 5.25. The van der Waals surface area contributed by atoms with E-state index in [1.807, 2.05) is 56.5 Å². The quantitative estimate of drug-likeness (QED) is 0.242. The van der Waals surface area contributed by atoms with Crippen molar-refractivity contribution in [3.8, 4) is 0 Å². The summed E-state index contributed by atoms with van der Waals surface area (Å²) in [5.74, 6) is 0.0767. The lowest BCUT2D eigenvalue weighted by Gasteiger charge is -2.22. The van der Waals surface area contributed by atoms with E-state index >= 15 is 0 Å². The second-order valence-corrected chi connectivity index (χ2v) is 9.24. The number of hydrogen-bond acceptors (Lipinski definition) is 7. The highest BCUT2D eigenvalue weighted by Gasteiger charge is 2.26. The number of anilines is 1. The fourth-order valence-corrected chi connectivity index (χ4v) is 4.31. The van der Waals surface area contributed by atoms with Crippen molar-refractivity contribution in [2.75, 3.05) is 11.1 Å². The summed E-state index contributed by atoms with van der Waals surface area (Å²) in [4.78, 5) is 35.8. The van der Waals surface area contributed by atoms with Crippen LogP contribution in [0, 0.1) is 23.0 Å². The van der Waals surface area contributed by atoms with Gasteiger partial charge in [-0.15, -0.1) is 10.2 Å². The fraction of sp³-hybridized carbons (Fsp3) is 0.333. The summed E-state index contributed by atoms with van der Waals surface area (Å²) in [6, 6.07) is 12.7. The molecule has 2 aromatic carbocycles. The van der Waals surface area contributed by atoms with Crippen molar-refractivity contribution in [1.82, 2.24) is 20.1 Å². The van der Waals surface area contributed by atoms with Gasteiger partial charge in [0.2, 0.25) is 5.91 Å². The summed E-state index contributed by atoms with van der Waals surface area (Å²) in [6.07, 6.45) is 0. The summed E-state index contributed by atoms with van der Waals surface area (Å²) in [5.41, 5.74) is 1.82. The lowest BCUT2D eigenvalue weighted by atomic mass is 10.0. The predicted molar refractivity (Wildman–Crippen MR) is 134 cm³/mol. The molecule has 0 aliphatic carbocycles. The van der Waals surface area contributed by atoms with Gasteiger partial charge < -0.3 is 15.2 Å². The van der Waals surface area contributed by atoms with Gasteiger partial charge in [-0.3, -0.25) is 19.7 Å². The minimum atomic E-state index is -0.539. The molecule has 1 heterocycles. The van der Waals surface area contributed by atoms with Crippen LogP contribution < -0.4 is 10.6 Å². The Labute approximate surface area is 207 Å². The first kappa shape index (κ1) is 25.9. The molecule has 0 unspecified atom stereocenters. The minimum absolute atomic E-state index is 0.0328. The van der Waals surface area contributed by atoms with Crippen molar-refractivity contribution in [1.29, 1.82) is 0 Å². The number of hydrogen-bond donors (Lipinski definition) is 2. The Kier molecular flexibility index (Phi) is 8.58. The van der Waals surface area contributed by atoms with E-state index in [-0.39, 0.29) is 28.8 Å². The third-order valence-corrected chi connectivity index (χ3v) is 6.21. The maximum absolute atomic E-state index is 12.9. The SMILES string of the molecule is CCn1c(SCC(=O)Nc2cccc(C)c2)nnc1[C@H](NC(=O)c1cccc([N+](=O)[O-])c1)C(C)C. The first-order valence-electron chi connectivity index (χ1n) is 11.2.